The summed E-state index contributed by atoms with van der Waals surface area (Å²) in [6.45, 7) is 3.34. The molecule has 1 aromatic carbocycles. The molecule has 0 aliphatic rings. The van der Waals surface area contributed by atoms with Gasteiger partial charge in [-0.3, -0.25) is 0 Å². The first-order valence-electron chi connectivity index (χ1n) is 3.85. The number of hydrogen-bond donors (Lipinski definition) is 1. The predicted molar refractivity (Wildman–Crippen MR) is 54.6 cm³/mol. The van der Waals surface area contributed by atoms with Crippen LogP contribution in [0.25, 0.3) is 0 Å². The molecule has 0 radical (unpaired) electrons. The summed E-state index contributed by atoms with van der Waals surface area (Å²) in [6, 6.07) is 4.39. The molecule has 0 unspecified atom stereocenters. The van der Waals surface area contributed by atoms with Crippen molar-refractivity contribution in [3.63, 3.8) is 0 Å². The molecule has 1 N–H and O–H groups in total. The van der Waals surface area contributed by atoms with E-state index in [1.807, 2.05) is 0 Å². The Hall–Kier alpha value is -1.16. The Balaban J connectivity index is 2.91. The Kier molecular flexibility index (Phi) is 3.41. The predicted octanol–water partition coefficient (Wildman–Crippen LogP) is 2.77. The molecule has 0 spiro atoms. The minimum Gasteiger partial charge on any atom is -0.478 e. The molecule has 0 aliphatic carbocycles. The molecular weight excluding hydrogens is 251 g/mol. The van der Waals surface area contributed by atoms with Crippen LogP contribution in [0.3, 0.4) is 0 Å². The van der Waals surface area contributed by atoms with Gasteiger partial charge in [0.1, 0.15) is 5.82 Å². The van der Waals surface area contributed by atoms with Crippen molar-refractivity contribution in [2.45, 2.75) is 6.42 Å². The highest BCUT2D eigenvalue weighted by Gasteiger charge is 2.09. The second-order valence-electron chi connectivity index (χ2n) is 2.82. The van der Waals surface area contributed by atoms with Crippen LogP contribution in [0.2, 0.25) is 0 Å². The minimum atomic E-state index is -1.11. The van der Waals surface area contributed by atoms with Crippen molar-refractivity contribution in [3.8, 4) is 0 Å². The molecule has 0 fully saturated rings. The van der Waals surface area contributed by atoms with Crippen LogP contribution in [0.5, 0.6) is 0 Å². The van der Waals surface area contributed by atoms with E-state index in [0.29, 0.717) is 10.0 Å². The van der Waals surface area contributed by atoms with Gasteiger partial charge in [-0.25, -0.2) is 9.18 Å². The van der Waals surface area contributed by atoms with Gasteiger partial charge in [0.25, 0.3) is 0 Å². The molecule has 0 aliphatic heterocycles. The average molecular weight is 259 g/mol. The Bertz CT molecular complexity index is 388. The largest absolute Gasteiger partial charge is 0.478 e. The summed E-state index contributed by atoms with van der Waals surface area (Å²) in [4.78, 5) is 10.5. The fourth-order valence-corrected chi connectivity index (χ4v) is 1.39. The Morgan fingerprint density at radius 2 is 2.21 bits per heavy atom. The van der Waals surface area contributed by atoms with Crippen LogP contribution in [0, 0.1) is 5.82 Å². The van der Waals surface area contributed by atoms with E-state index in [2.05, 4.69) is 22.5 Å². The molecule has 74 valence electrons. The zero-order chi connectivity index (χ0) is 10.7. The number of aliphatic carboxylic acids is 1. The van der Waals surface area contributed by atoms with E-state index < -0.39 is 11.8 Å². The lowest BCUT2D eigenvalue weighted by molar-refractivity contribution is -0.132. The van der Waals surface area contributed by atoms with Gasteiger partial charge in [0.2, 0.25) is 0 Å². The van der Waals surface area contributed by atoms with Gasteiger partial charge < -0.3 is 5.11 Å². The van der Waals surface area contributed by atoms with Crippen LogP contribution in [-0.2, 0) is 11.2 Å². The maximum Gasteiger partial charge on any atom is 0.331 e. The van der Waals surface area contributed by atoms with Crippen LogP contribution >= 0.6 is 15.9 Å². The number of benzene rings is 1. The number of rotatable bonds is 3. The first kappa shape index (κ1) is 10.9. The standard InChI is InChI=1S/C10H8BrFO2/c1-6(10(13)14)4-7-5-8(11)2-3-9(7)12/h2-3,5H,1,4H2,(H,13,14). The van der Waals surface area contributed by atoms with Gasteiger partial charge in [0, 0.05) is 16.5 Å². The van der Waals surface area contributed by atoms with Crippen molar-refractivity contribution >= 4 is 21.9 Å². The van der Waals surface area contributed by atoms with Gasteiger partial charge >= 0.3 is 5.97 Å². The summed E-state index contributed by atoms with van der Waals surface area (Å²) in [7, 11) is 0. The van der Waals surface area contributed by atoms with Crippen molar-refractivity contribution in [1.82, 2.24) is 0 Å². The van der Waals surface area contributed by atoms with Crippen molar-refractivity contribution in [3.05, 3.63) is 46.2 Å². The number of halogens is 2. The quantitative estimate of drug-likeness (QED) is 0.847. The average Bonchev–Trinajstić information content (AvgIpc) is 2.11. The lowest BCUT2D eigenvalue weighted by atomic mass is 10.1. The first-order valence-corrected chi connectivity index (χ1v) is 4.65. The van der Waals surface area contributed by atoms with Crippen molar-refractivity contribution in [1.29, 1.82) is 0 Å². The number of hydrogen-bond acceptors (Lipinski definition) is 1. The SMILES string of the molecule is C=C(Cc1cc(Br)ccc1F)C(=O)O. The maximum absolute atomic E-state index is 13.1. The number of carboxylic acids is 1. The fraction of sp³-hybridized carbons (Fsp3) is 0.100. The van der Waals surface area contributed by atoms with E-state index in [9.17, 15) is 9.18 Å². The van der Waals surface area contributed by atoms with Crippen molar-refractivity contribution in [2.24, 2.45) is 0 Å². The maximum atomic E-state index is 13.1. The highest BCUT2D eigenvalue weighted by Crippen LogP contribution is 2.17. The van der Waals surface area contributed by atoms with Gasteiger partial charge in [-0.05, 0) is 23.8 Å². The Morgan fingerprint density at radius 1 is 1.57 bits per heavy atom. The van der Waals surface area contributed by atoms with Gasteiger partial charge in [0.05, 0.1) is 0 Å². The summed E-state index contributed by atoms with van der Waals surface area (Å²) in [5.74, 6) is -1.53. The molecule has 2 nitrogen and oxygen atoms in total. The molecule has 0 saturated heterocycles. The van der Waals surface area contributed by atoms with E-state index in [1.165, 1.54) is 6.07 Å². The molecule has 0 heterocycles. The normalized spacial score (nSPS) is 9.86. The van der Waals surface area contributed by atoms with Crippen LogP contribution in [0.15, 0.2) is 34.8 Å². The number of carbonyl (C=O) groups is 1. The lowest BCUT2D eigenvalue weighted by Gasteiger charge is -2.03. The molecule has 0 atom stereocenters. The highest BCUT2D eigenvalue weighted by molar-refractivity contribution is 9.10. The Labute approximate surface area is 89.2 Å². The molecule has 0 saturated carbocycles. The van der Waals surface area contributed by atoms with E-state index >= 15 is 0 Å². The summed E-state index contributed by atoms with van der Waals surface area (Å²) < 4.78 is 13.9. The van der Waals surface area contributed by atoms with Crippen LogP contribution in [-0.4, -0.2) is 11.1 Å². The fourth-order valence-electron chi connectivity index (χ4n) is 0.984. The number of carboxylic acid groups (broad SMARTS) is 1. The van der Waals surface area contributed by atoms with Crippen LogP contribution < -0.4 is 0 Å². The third kappa shape index (κ3) is 2.67. The van der Waals surface area contributed by atoms with Gasteiger partial charge in [-0.2, -0.15) is 0 Å². The molecule has 1 aromatic rings. The monoisotopic (exact) mass is 258 g/mol. The third-order valence-corrected chi connectivity index (χ3v) is 2.21. The highest BCUT2D eigenvalue weighted by atomic mass is 79.9. The van der Waals surface area contributed by atoms with Crippen molar-refractivity contribution in [2.75, 3.05) is 0 Å². The van der Waals surface area contributed by atoms with E-state index in [1.54, 1.807) is 12.1 Å². The van der Waals surface area contributed by atoms with Gasteiger partial charge in [0.15, 0.2) is 0 Å². The van der Waals surface area contributed by atoms with E-state index in [0.717, 1.165) is 0 Å². The molecule has 1 rings (SSSR count). The van der Waals surface area contributed by atoms with Crippen molar-refractivity contribution < 1.29 is 14.3 Å². The molecule has 0 bridgehead atoms. The van der Waals surface area contributed by atoms with E-state index in [-0.39, 0.29) is 12.0 Å². The summed E-state index contributed by atoms with van der Waals surface area (Å²) in [5.41, 5.74) is 0.300. The topological polar surface area (TPSA) is 37.3 Å². The van der Waals surface area contributed by atoms with Crippen LogP contribution in [0.1, 0.15) is 5.56 Å². The summed E-state index contributed by atoms with van der Waals surface area (Å²) in [6.07, 6.45) is 0.0145. The van der Waals surface area contributed by atoms with Gasteiger partial charge in [-0.15, -0.1) is 0 Å². The zero-order valence-corrected chi connectivity index (χ0v) is 8.84. The smallest absolute Gasteiger partial charge is 0.331 e. The molecule has 4 heteroatoms. The Morgan fingerprint density at radius 3 is 2.79 bits per heavy atom. The third-order valence-electron chi connectivity index (χ3n) is 1.71. The first-order chi connectivity index (χ1) is 6.50. The second-order valence-corrected chi connectivity index (χ2v) is 3.74. The summed E-state index contributed by atoms with van der Waals surface area (Å²) in [5, 5.41) is 8.57. The van der Waals surface area contributed by atoms with Gasteiger partial charge in [-0.1, -0.05) is 22.5 Å². The lowest BCUT2D eigenvalue weighted by Crippen LogP contribution is -2.03. The zero-order valence-electron chi connectivity index (χ0n) is 7.26. The van der Waals surface area contributed by atoms with E-state index in [4.69, 9.17) is 5.11 Å². The van der Waals surface area contributed by atoms with Crippen LogP contribution in [0.4, 0.5) is 4.39 Å². The minimum absolute atomic E-state index is 0.0145. The second kappa shape index (κ2) is 4.37. The molecule has 0 amide bonds. The molecular formula is C10H8BrFO2. The summed E-state index contributed by atoms with van der Waals surface area (Å²) >= 11 is 3.18. The molecule has 0 aromatic heterocycles. The molecule has 14 heavy (non-hydrogen) atoms.